The third-order valence-corrected chi connectivity index (χ3v) is 4.90. The molecule has 0 radical (unpaired) electrons. The van der Waals surface area contributed by atoms with Crippen molar-refractivity contribution in [3.05, 3.63) is 84.1 Å². The second kappa shape index (κ2) is 8.16. The SMILES string of the molecule is O=C(Nc1ccc(C(F)(F)F)cc1)Nc1c[nH]c2ccc(-c3ccccc3CO)cc12. The third-order valence-electron chi connectivity index (χ3n) is 4.90. The summed E-state index contributed by atoms with van der Waals surface area (Å²) in [5, 5.41) is 15.6. The summed E-state index contributed by atoms with van der Waals surface area (Å²) in [7, 11) is 0. The van der Waals surface area contributed by atoms with E-state index in [4.69, 9.17) is 0 Å². The van der Waals surface area contributed by atoms with E-state index in [1.807, 2.05) is 42.5 Å². The van der Waals surface area contributed by atoms with Crippen LogP contribution < -0.4 is 10.6 Å². The number of carbonyl (C=O) groups excluding carboxylic acids is 1. The lowest BCUT2D eigenvalue weighted by Gasteiger charge is -2.10. The Morgan fingerprint density at radius 2 is 1.71 bits per heavy atom. The molecule has 0 saturated heterocycles. The van der Waals surface area contributed by atoms with Crippen LogP contribution in [0.5, 0.6) is 0 Å². The summed E-state index contributed by atoms with van der Waals surface area (Å²) in [6.45, 7) is -0.0952. The number of aliphatic hydroxyl groups is 1. The smallest absolute Gasteiger partial charge is 0.392 e. The number of aromatic nitrogens is 1. The first kappa shape index (κ1) is 20.5. The minimum absolute atomic E-state index is 0.0952. The van der Waals surface area contributed by atoms with Gasteiger partial charge in [0.2, 0.25) is 0 Å². The lowest BCUT2D eigenvalue weighted by molar-refractivity contribution is -0.137. The van der Waals surface area contributed by atoms with Crippen LogP contribution in [0.25, 0.3) is 22.0 Å². The normalized spacial score (nSPS) is 11.5. The Hall–Kier alpha value is -3.78. The molecule has 4 rings (SSSR count). The van der Waals surface area contributed by atoms with Crippen LogP contribution in [0.2, 0.25) is 0 Å². The lowest BCUT2D eigenvalue weighted by Crippen LogP contribution is -2.19. The molecule has 4 N–H and O–H groups in total. The predicted molar refractivity (Wildman–Crippen MR) is 114 cm³/mol. The Labute approximate surface area is 175 Å². The number of rotatable bonds is 4. The molecule has 1 heterocycles. The molecule has 0 fully saturated rings. The molecule has 0 aliphatic carbocycles. The van der Waals surface area contributed by atoms with Gasteiger partial charge in [-0.05, 0) is 53.1 Å². The number of nitrogens with one attached hydrogen (secondary N) is 3. The van der Waals surface area contributed by atoms with Crippen LogP contribution in [-0.4, -0.2) is 16.1 Å². The van der Waals surface area contributed by atoms with E-state index in [2.05, 4.69) is 15.6 Å². The number of aromatic amines is 1. The summed E-state index contributed by atoms with van der Waals surface area (Å²) in [5.41, 5.74) is 3.31. The van der Waals surface area contributed by atoms with Crippen LogP contribution in [-0.2, 0) is 12.8 Å². The zero-order valence-corrected chi connectivity index (χ0v) is 16.1. The maximum absolute atomic E-state index is 12.7. The van der Waals surface area contributed by atoms with E-state index >= 15 is 0 Å². The van der Waals surface area contributed by atoms with E-state index in [0.717, 1.165) is 39.7 Å². The lowest BCUT2D eigenvalue weighted by atomic mass is 9.99. The van der Waals surface area contributed by atoms with Gasteiger partial charge >= 0.3 is 12.2 Å². The second-order valence-corrected chi connectivity index (χ2v) is 6.93. The van der Waals surface area contributed by atoms with Crippen LogP contribution in [0, 0.1) is 0 Å². The van der Waals surface area contributed by atoms with Gasteiger partial charge in [0.15, 0.2) is 0 Å². The number of H-pyrrole nitrogens is 1. The van der Waals surface area contributed by atoms with Crippen LogP contribution in [0.3, 0.4) is 0 Å². The minimum Gasteiger partial charge on any atom is -0.392 e. The molecule has 2 amide bonds. The van der Waals surface area contributed by atoms with Crippen molar-refractivity contribution in [2.24, 2.45) is 0 Å². The first-order chi connectivity index (χ1) is 14.8. The number of anilines is 2. The summed E-state index contributed by atoms with van der Waals surface area (Å²) in [4.78, 5) is 15.4. The zero-order valence-electron chi connectivity index (χ0n) is 16.1. The Balaban J connectivity index is 1.55. The molecule has 158 valence electrons. The van der Waals surface area contributed by atoms with Crippen molar-refractivity contribution in [2.75, 3.05) is 10.6 Å². The van der Waals surface area contributed by atoms with Crippen molar-refractivity contribution < 1.29 is 23.1 Å². The van der Waals surface area contributed by atoms with Gasteiger partial charge in [0.1, 0.15) is 0 Å². The van der Waals surface area contributed by atoms with Gasteiger partial charge in [0, 0.05) is 22.8 Å². The minimum atomic E-state index is -4.43. The molecule has 5 nitrogen and oxygen atoms in total. The fraction of sp³-hybridized carbons (Fsp3) is 0.0870. The van der Waals surface area contributed by atoms with E-state index in [1.54, 1.807) is 6.20 Å². The predicted octanol–water partition coefficient (Wildman–Crippen LogP) is 5.99. The largest absolute Gasteiger partial charge is 0.416 e. The van der Waals surface area contributed by atoms with Gasteiger partial charge in [-0.2, -0.15) is 13.2 Å². The number of aliphatic hydroxyl groups excluding tert-OH is 1. The van der Waals surface area contributed by atoms with Crippen molar-refractivity contribution >= 4 is 28.3 Å². The molecule has 0 unspecified atom stereocenters. The van der Waals surface area contributed by atoms with Gasteiger partial charge in [-0.15, -0.1) is 0 Å². The number of benzene rings is 3. The molecule has 0 atom stereocenters. The molecule has 1 aromatic heterocycles. The highest BCUT2D eigenvalue weighted by molar-refractivity contribution is 6.06. The monoisotopic (exact) mass is 425 g/mol. The molecule has 0 aliphatic heterocycles. The van der Waals surface area contributed by atoms with Gasteiger partial charge in [-0.25, -0.2) is 4.79 Å². The Bertz CT molecular complexity index is 1230. The molecule has 0 aliphatic rings. The summed E-state index contributed by atoms with van der Waals surface area (Å²) in [6, 6.07) is 16.8. The van der Waals surface area contributed by atoms with Crippen molar-refractivity contribution in [1.29, 1.82) is 0 Å². The molecule has 0 bridgehead atoms. The van der Waals surface area contributed by atoms with E-state index in [9.17, 15) is 23.1 Å². The van der Waals surface area contributed by atoms with E-state index in [-0.39, 0.29) is 12.3 Å². The fourth-order valence-corrected chi connectivity index (χ4v) is 3.36. The van der Waals surface area contributed by atoms with E-state index in [1.165, 1.54) is 12.1 Å². The second-order valence-electron chi connectivity index (χ2n) is 6.93. The molecule has 0 saturated carbocycles. The number of fused-ring (bicyclic) bond motifs is 1. The van der Waals surface area contributed by atoms with Crippen LogP contribution in [0.1, 0.15) is 11.1 Å². The molecule has 31 heavy (non-hydrogen) atoms. The maximum atomic E-state index is 12.7. The van der Waals surface area contributed by atoms with Crippen LogP contribution in [0.4, 0.5) is 29.3 Å². The van der Waals surface area contributed by atoms with Crippen molar-refractivity contribution in [1.82, 2.24) is 4.98 Å². The average Bonchev–Trinajstić information content (AvgIpc) is 3.15. The molecule has 4 aromatic rings. The first-order valence-electron chi connectivity index (χ1n) is 9.40. The maximum Gasteiger partial charge on any atom is 0.416 e. The first-order valence-corrected chi connectivity index (χ1v) is 9.40. The number of amides is 2. The standard InChI is InChI=1S/C23H18F3N3O2/c24-23(25,26)16-6-8-17(9-7-16)28-22(31)29-21-12-27-20-10-5-14(11-19(20)21)18-4-2-1-3-15(18)13-30/h1-12,27,30H,13H2,(H2,28,29,31). The highest BCUT2D eigenvalue weighted by Gasteiger charge is 2.30. The van der Waals surface area contributed by atoms with Crippen LogP contribution in [0.15, 0.2) is 72.9 Å². The quantitative estimate of drug-likeness (QED) is 0.324. The summed E-state index contributed by atoms with van der Waals surface area (Å²) in [5.74, 6) is 0. The van der Waals surface area contributed by atoms with Crippen molar-refractivity contribution in [3.8, 4) is 11.1 Å². The van der Waals surface area contributed by atoms with E-state index < -0.39 is 17.8 Å². The summed E-state index contributed by atoms with van der Waals surface area (Å²) >= 11 is 0. The average molecular weight is 425 g/mol. The van der Waals surface area contributed by atoms with Gasteiger partial charge in [-0.1, -0.05) is 30.3 Å². The van der Waals surface area contributed by atoms with Crippen molar-refractivity contribution in [3.63, 3.8) is 0 Å². The fourth-order valence-electron chi connectivity index (χ4n) is 3.36. The Morgan fingerprint density at radius 3 is 2.42 bits per heavy atom. The topological polar surface area (TPSA) is 77.2 Å². The third kappa shape index (κ3) is 4.39. The highest BCUT2D eigenvalue weighted by atomic mass is 19.4. The molecule has 8 heteroatoms. The number of hydrogen-bond acceptors (Lipinski definition) is 2. The molecule has 0 spiro atoms. The van der Waals surface area contributed by atoms with Gasteiger partial charge in [-0.3, -0.25) is 0 Å². The number of urea groups is 1. The van der Waals surface area contributed by atoms with Crippen LogP contribution >= 0.6 is 0 Å². The zero-order chi connectivity index (χ0) is 22.0. The highest BCUT2D eigenvalue weighted by Crippen LogP contribution is 2.32. The Morgan fingerprint density at radius 1 is 0.968 bits per heavy atom. The van der Waals surface area contributed by atoms with Gasteiger partial charge in [0.05, 0.1) is 17.9 Å². The molecular formula is C23H18F3N3O2. The van der Waals surface area contributed by atoms with Crippen molar-refractivity contribution in [2.45, 2.75) is 12.8 Å². The number of alkyl halides is 3. The summed E-state index contributed by atoms with van der Waals surface area (Å²) < 4.78 is 38.0. The van der Waals surface area contributed by atoms with E-state index in [0.29, 0.717) is 5.69 Å². The molecular weight excluding hydrogens is 407 g/mol. The Kier molecular flexibility index (Phi) is 5.39. The van der Waals surface area contributed by atoms with Gasteiger partial charge < -0.3 is 20.7 Å². The molecule has 3 aromatic carbocycles. The number of carbonyl (C=O) groups is 1. The van der Waals surface area contributed by atoms with Gasteiger partial charge in [0.25, 0.3) is 0 Å². The number of halogens is 3. The summed E-state index contributed by atoms with van der Waals surface area (Å²) in [6.07, 6.45) is -2.80. The number of hydrogen-bond donors (Lipinski definition) is 4.